The van der Waals surface area contributed by atoms with Gasteiger partial charge in [0.15, 0.2) is 0 Å². The van der Waals surface area contributed by atoms with E-state index in [-0.39, 0.29) is 0 Å². The summed E-state index contributed by atoms with van der Waals surface area (Å²) in [6, 6.07) is 18.7. The molecular formula is C19H12Cl2O2. The number of halogens is 2. The summed E-state index contributed by atoms with van der Waals surface area (Å²) >= 11 is 12.0. The van der Waals surface area contributed by atoms with Gasteiger partial charge in [0.25, 0.3) is 0 Å². The summed E-state index contributed by atoms with van der Waals surface area (Å²) in [6.45, 7) is 0. The Morgan fingerprint density at radius 3 is 2.26 bits per heavy atom. The monoisotopic (exact) mass is 342 g/mol. The lowest BCUT2D eigenvalue weighted by molar-refractivity contribution is 0.220. The lowest BCUT2D eigenvalue weighted by atomic mass is 10.0. The van der Waals surface area contributed by atoms with Crippen LogP contribution in [-0.2, 0) is 0 Å². The van der Waals surface area contributed by atoms with Crippen LogP contribution in [0.15, 0.2) is 65.1 Å². The van der Waals surface area contributed by atoms with Crippen LogP contribution in [0.25, 0.3) is 21.9 Å². The molecule has 4 heteroatoms. The molecule has 0 amide bonds. The first-order chi connectivity index (χ1) is 11.1. The molecule has 1 N–H and O–H groups in total. The number of furan rings is 1. The molecule has 0 saturated carbocycles. The van der Waals surface area contributed by atoms with Crippen LogP contribution < -0.4 is 0 Å². The normalized spacial score (nSPS) is 12.8. The smallest absolute Gasteiger partial charge is 0.135 e. The van der Waals surface area contributed by atoms with Gasteiger partial charge in [0.2, 0.25) is 0 Å². The lowest BCUT2D eigenvalue weighted by Crippen LogP contribution is -1.99. The van der Waals surface area contributed by atoms with Crippen LogP contribution in [0.2, 0.25) is 10.0 Å². The summed E-state index contributed by atoms with van der Waals surface area (Å²) in [5.74, 6) is 0. The minimum absolute atomic E-state index is 0.424. The van der Waals surface area contributed by atoms with Gasteiger partial charge in [0.05, 0.1) is 10.0 Å². The van der Waals surface area contributed by atoms with E-state index in [0.29, 0.717) is 15.6 Å². The summed E-state index contributed by atoms with van der Waals surface area (Å²) in [5.41, 5.74) is 3.02. The second kappa shape index (κ2) is 5.57. The zero-order valence-electron chi connectivity index (χ0n) is 12.0. The van der Waals surface area contributed by atoms with E-state index < -0.39 is 6.10 Å². The molecule has 1 unspecified atom stereocenters. The van der Waals surface area contributed by atoms with E-state index in [9.17, 15) is 5.11 Å². The van der Waals surface area contributed by atoms with Gasteiger partial charge >= 0.3 is 0 Å². The van der Waals surface area contributed by atoms with Crippen LogP contribution in [-0.4, -0.2) is 5.11 Å². The third kappa shape index (κ3) is 2.49. The zero-order chi connectivity index (χ0) is 16.0. The fourth-order valence-corrected chi connectivity index (χ4v) is 3.09. The maximum absolute atomic E-state index is 10.6. The predicted molar refractivity (Wildman–Crippen MR) is 94.2 cm³/mol. The maximum atomic E-state index is 10.6. The Balaban J connectivity index is 1.81. The van der Waals surface area contributed by atoms with Crippen molar-refractivity contribution >= 4 is 45.1 Å². The van der Waals surface area contributed by atoms with Crippen LogP contribution in [0.5, 0.6) is 0 Å². The molecule has 23 heavy (non-hydrogen) atoms. The summed E-state index contributed by atoms with van der Waals surface area (Å²) in [4.78, 5) is 0. The van der Waals surface area contributed by atoms with Crippen molar-refractivity contribution in [2.24, 2.45) is 0 Å². The van der Waals surface area contributed by atoms with Gasteiger partial charge in [0, 0.05) is 10.8 Å². The maximum Gasteiger partial charge on any atom is 0.135 e. The van der Waals surface area contributed by atoms with Crippen molar-refractivity contribution in [2.45, 2.75) is 6.10 Å². The van der Waals surface area contributed by atoms with Gasteiger partial charge in [-0.25, -0.2) is 0 Å². The van der Waals surface area contributed by atoms with E-state index in [0.717, 1.165) is 27.5 Å². The van der Waals surface area contributed by atoms with Gasteiger partial charge in [-0.15, -0.1) is 0 Å². The van der Waals surface area contributed by atoms with Gasteiger partial charge in [0.1, 0.15) is 17.3 Å². The molecule has 4 rings (SSSR count). The Labute approximate surface area is 142 Å². The van der Waals surface area contributed by atoms with Crippen molar-refractivity contribution in [3.05, 3.63) is 81.8 Å². The van der Waals surface area contributed by atoms with Gasteiger partial charge in [-0.3, -0.25) is 0 Å². The van der Waals surface area contributed by atoms with Crippen LogP contribution >= 0.6 is 23.2 Å². The van der Waals surface area contributed by atoms with Crippen molar-refractivity contribution in [3.63, 3.8) is 0 Å². The molecule has 0 bridgehead atoms. The first kappa shape index (κ1) is 14.6. The van der Waals surface area contributed by atoms with Crippen molar-refractivity contribution in [1.82, 2.24) is 0 Å². The van der Waals surface area contributed by atoms with E-state index in [1.807, 2.05) is 42.5 Å². The summed E-state index contributed by atoms with van der Waals surface area (Å²) in [5, 5.41) is 13.6. The van der Waals surface area contributed by atoms with Crippen LogP contribution in [0.3, 0.4) is 0 Å². The molecule has 1 aromatic heterocycles. The molecule has 0 radical (unpaired) electrons. The van der Waals surface area contributed by atoms with Gasteiger partial charge < -0.3 is 9.52 Å². The Kier molecular flexibility index (Phi) is 3.53. The standard InChI is InChI=1S/C19H12Cl2O2/c20-15-8-6-11(9-16(15)21)19(22)12-5-7-14-13-3-1-2-4-17(13)23-18(14)10-12/h1-10,19,22H. The first-order valence-electron chi connectivity index (χ1n) is 7.18. The van der Waals surface area contributed by atoms with Crippen molar-refractivity contribution in [2.75, 3.05) is 0 Å². The van der Waals surface area contributed by atoms with Crippen molar-refractivity contribution in [1.29, 1.82) is 0 Å². The Hall–Kier alpha value is -2.00. The molecule has 1 atom stereocenters. The van der Waals surface area contributed by atoms with Gasteiger partial charge in [-0.1, -0.05) is 59.6 Å². The predicted octanol–water partition coefficient (Wildman–Crippen LogP) is 5.97. The second-order valence-electron chi connectivity index (χ2n) is 5.43. The molecule has 0 aliphatic carbocycles. The molecule has 114 valence electrons. The second-order valence-corrected chi connectivity index (χ2v) is 6.24. The number of aliphatic hydroxyl groups is 1. The average Bonchev–Trinajstić information content (AvgIpc) is 2.94. The number of hydrogen-bond donors (Lipinski definition) is 1. The molecule has 2 nitrogen and oxygen atoms in total. The number of rotatable bonds is 2. The molecule has 1 heterocycles. The molecule has 3 aromatic carbocycles. The van der Waals surface area contributed by atoms with Crippen LogP contribution in [0, 0.1) is 0 Å². The number of benzene rings is 3. The van der Waals surface area contributed by atoms with E-state index in [4.69, 9.17) is 27.6 Å². The minimum atomic E-state index is -0.789. The summed E-state index contributed by atoms with van der Waals surface area (Å²) in [7, 11) is 0. The molecule has 0 aliphatic heterocycles. The molecule has 0 aliphatic rings. The first-order valence-corrected chi connectivity index (χ1v) is 7.93. The third-order valence-corrected chi connectivity index (χ3v) is 4.72. The molecule has 0 fully saturated rings. The topological polar surface area (TPSA) is 33.4 Å². The molecular weight excluding hydrogens is 331 g/mol. The van der Waals surface area contributed by atoms with Crippen LogP contribution in [0.1, 0.15) is 17.2 Å². The van der Waals surface area contributed by atoms with Crippen molar-refractivity contribution in [3.8, 4) is 0 Å². The number of hydrogen-bond acceptors (Lipinski definition) is 2. The SMILES string of the molecule is OC(c1ccc(Cl)c(Cl)c1)c1ccc2c(c1)oc1ccccc12. The zero-order valence-corrected chi connectivity index (χ0v) is 13.5. The highest BCUT2D eigenvalue weighted by Crippen LogP contribution is 2.33. The van der Waals surface area contributed by atoms with Crippen molar-refractivity contribution < 1.29 is 9.52 Å². The fraction of sp³-hybridized carbons (Fsp3) is 0.0526. The number of fused-ring (bicyclic) bond motifs is 3. The quantitative estimate of drug-likeness (QED) is 0.486. The van der Waals surface area contributed by atoms with Crippen LogP contribution in [0.4, 0.5) is 0 Å². The van der Waals surface area contributed by atoms with E-state index >= 15 is 0 Å². The number of para-hydroxylation sites is 1. The highest BCUT2D eigenvalue weighted by molar-refractivity contribution is 6.42. The van der Waals surface area contributed by atoms with E-state index in [1.54, 1.807) is 18.2 Å². The Morgan fingerprint density at radius 1 is 0.739 bits per heavy atom. The highest BCUT2D eigenvalue weighted by atomic mass is 35.5. The molecule has 0 spiro atoms. The lowest BCUT2D eigenvalue weighted by Gasteiger charge is -2.12. The van der Waals surface area contributed by atoms with E-state index in [1.165, 1.54) is 0 Å². The minimum Gasteiger partial charge on any atom is -0.456 e. The van der Waals surface area contributed by atoms with Gasteiger partial charge in [-0.2, -0.15) is 0 Å². The fourth-order valence-electron chi connectivity index (χ4n) is 2.79. The molecule has 4 aromatic rings. The average molecular weight is 343 g/mol. The Morgan fingerprint density at radius 2 is 1.43 bits per heavy atom. The summed E-state index contributed by atoms with van der Waals surface area (Å²) in [6.07, 6.45) is -0.789. The third-order valence-electron chi connectivity index (χ3n) is 3.98. The largest absolute Gasteiger partial charge is 0.456 e. The highest BCUT2D eigenvalue weighted by Gasteiger charge is 2.14. The summed E-state index contributed by atoms with van der Waals surface area (Å²) < 4.78 is 5.86. The van der Waals surface area contributed by atoms with E-state index in [2.05, 4.69) is 0 Å². The van der Waals surface area contributed by atoms with Gasteiger partial charge in [-0.05, 0) is 35.4 Å². The number of aliphatic hydroxyl groups excluding tert-OH is 1. The molecule has 0 saturated heterocycles. The Bertz CT molecular complexity index is 1020.